The number of rotatable bonds is 4. The van der Waals surface area contributed by atoms with Crippen LogP contribution in [-0.4, -0.2) is 77.3 Å². The molecule has 3 amide bonds. The van der Waals surface area contributed by atoms with Crippen LogP contribution in [-0.2, 0) is 31.1 Å². The first kappa shape index (κ1) is 24.3. The molecule has 9 nitrogen and oxygen atoms in total. The van der Waals surface area contributed by atoms with E-state index in [1.807, 2.05) is 61.5 Å². The van der Waals surface area contributed by atoms with Crippen LogP contribution in [0.3, 0.4) is 0 Å². The zero-order valence-electron chi connectivity index (χ0n) is 20.4. The molecule has 0 aromatic heterocycles. The van der Waals surface area contributed by atoms with Gasteiger partial charge in [-0.2, -0.15) is 0 Å². The van der Waals surface area contributed by atoms with Gasteiger partial charge in [-0.25, -0.2) is 4.79 Å². The van der Waals surface area contributed by atoms with Crippen LogP contribution in [0.4, 0.5) is 10.5 Å². The standard InChI is InChI=1S/C27H31N3O6/c1-17-12-21(29(2)26(34)35-15-18-8-4-3-5-9-18)24(32)30-16-27(13-22(30)23(14-31)36-17)19-10-6-7-11-20(19)28-25(27)33/h3-11,17,21-23,31H,12-16H2,1-2H3,(H,28,33)/t17?,21-,22-,23?,27-/m0/s1. The van der Waals surface area contributed by atoms with Crippen LogP contribution in [0.25, 0.3) is 0 Å². The van der Waals surface area contributed by atoms with Gasteiger partial charge in [0, 0.05) is 25.7 Å². The van der Waals surface area contributed by atoms with E-state index in [4.69, 9.17) is 9.47 Å². The number of nitrogens with one attached hydrogen (secondary N) is 1. The van der Waals surface area contributed by atoms with Crippen molar-refractivity contribution in [3.8, 4) is 0 Å². The molecule has 3 aliphatic rings. The van der Waals surface area contributed by atoms with E-state index in [1.54, 1.807) is 11.9 Å². The number of para-hydroxylation sites is 1. The molecule has 5 atom stereocenters. The fraction of sp³-hybridized carbons (Fsp3) is 0.444. The van der Waals surface area contributed by atoms with Gasteiger partial charge in [-0.3, -0.25) is 14.5 Å². The van der Waals surface area contributed by atoms with Crippen molar-refractivity contribution in [2.24, 2.45) is 0 Å². The molecule has 2 aromatic rings. The highest BCUT2D eigenvalue weighted by Crippen LogP contribution is 2.48. The van der Waals surface area contributed by atoms with Crippen molar-refractivity contribution in [3.05, 3.63) is 65.7 Å². The molecule has 2 saturated heterocycles. The Morgan fingerprint density at radius 1 is 1.19 bits per heavy atom. The number of carbonyl (C=O) groups excluding carboxylic acids is 3. The number of hydrogen-bond acceptors (Lipinski definition) is 6. The van der Waals surface area contributed by atoms with Gasteiger partial charge >= 0.3 is 6.09 Å². The van der Waals surface area contributed by atoms with Gasteiger partial charge < -0.3 is 24.8 Å². The Labute approximate surface area is 210 Å². The quantitative estimate of drug-likeness (QED) is 0.677. The zero-order chi connectivity index (χ0) is 25.4. The van der Waals surface area contributed by atoms with Crippen molar-refractivity contribution < 1.29 is 29.0 Å². The van der Waals surface area contributed by atoms with Gasteiger partial charge in [-0.05, 0) is 30.5 Å². The average Bonchev–Trinajstić information content (AvgIpc) is 3.42. The molecule has 2 N–H and O–H groups in total. The second kappa shape index (κ2) is 9.55. The predicted molar refractivity (Wildman–Crippen MR) is 131 cm³/mol. The van der Waals surface area contributed by atoms with Crippen LogP contribution in [0.5, 0.6) is 0 Å². The van der Waals surface area contributed by atoms with Gasteiger partial charge in [0.05, 0.1) is 24.2 Å². The molecule has 5 rings (SSSR count). The Morgan fingerprint density at radius 2 is 1.92 bits per heavy atom. The smallest absolute Gasteiger partial charge is 0.410 e. The molecule has 0 bridgehead atoms. The Hall–Kier alpha value is -3.43. The summed E-state index contributed by atoms with van der Waals surface area (Å²) >= 11 is 0. The first-order valence-electron chi connectivity index (χ1n) is 12.3. The van der Waals surface area contributed by atoms with Crippen LogP contribution in [0.15, 0.2) is 54.6 Å². The molecule has 0 radical (unpaired) electrons. The molecule has 36 heavy (non-hydrogen) atoms. The van der Waals surface area contributed by atoms with Gasteiger partial charge in [-0.1, -0.05) is 48.5 Å². The van der Waals surface area contributed by atoms with E-state index in [9.17, 15) is 19.5 Å². The number of ether oxygens (including phenoxy) is 2. The molecular weight excluding hydrogens is 462 g/mol. The Kier molecular flexibility index (Phi) is 6.44. The number of aliphatic hydroxyl groups is 1. The normalized spacial score (nSPS) is 29.2. The zero-order valence-corrected chi connectivity index (χ0v) is 20.4. The third kappa shape index (κ3) is 4.12. The summed E-state index contributed by atoms with van der Waals surface area (Å²) in [5.41, 5.74) is 1.49. The summed E-state index contributed by atoms with van der Waals surface area (Å²) in [6, 6.07) is 15.5. The number of carbonyl (C=O) groups is 3. The van der Waals surface area contributed by atoms with Gasteiger partial charge in [0.25, 0.3) is 0 Å². The van der Waals surface area contributed by atoms with Crippen LogP contribution in [0.1, 0.15) is 30.9 Å². The molecule has 190 valence electrons. The maximum atomic E-state index is 14.0. The Morgan fingerprint density at radius 3 is 2.67 bits per heavy atom. The highest BCUT2D eigenvalue weighted by atomic mass is 16.6. The average molecular weight is 494 g/mol. The molecule has 3 heterocycles. The summed E-state index contributed by atoms with van der Waals surface area (Å²) in [5, 5.41) is 13.1. The number of anilines is 1. The summed E-state index contributed by atoms with van der Waals surface area (Å²) in [5.74, 6) is -0.443. The molecule has 1 spiro atoms. The van der Waals surface area contributed by atoms with Crippen molar-refractivity contribution in [3.63, 3.8) is 0 Å². The molecule has 0 aliphatic carbocycles. The van der Waals surface area contributed by atoms with Crippen molar-refractivity contribution in [1.82, 2.24) is 9.80 Å². The van der Waals surface area contributed by atoms with Crippen LogP contribution in [0, 0.1) is 0 Å². The van der Waals surface area contributed by atoms with Crippen molar-refractivity contribution in [2.45, 2.75) is 56.1 Å². The number of benzene rings is 2. The van der Waals surface area contributed by atoms with E-state index >= 15 is 0 Å². The number of aliphatic hydroxyl groups excluding tert-OH is 1. The Balaban J connectivity index is 1.41. The first-order chi connectivity index (χ1) is 17.3. The first-order valence-corrected chi connectivity index (χ1v) is 12.3. The lowest BCUT2D eigenvalue weighted by Crippen LogP contribution is -2.57. The number of amides is 3. The largest absolute Gasteiger partial charge is 0.445 e. The second-order valence-electron chi connectivity index (χ2n) is 9.89. The maximum Gasteiger partial charge on any atom is 0.410 e. The van der Waals surface area contributed by atoms with Gasteiger partial charge in [-0.15, -0.1) is 0 Å². The number of hydrogen-bond donors (Lipinski definition) is 2. The molecular formula is C27H31N3O6. The minimum atomic E-state index is -0.932. The lowest BCUT2D eigenvalue weighted by Gasteiger charge is -2.40. The summed E-state index contributed by atoms with van der Waals surface area (Å²) < 4.78 is 11.6. The fourth-order valence-electron chi connectivity index (χ4n) is 5.73. The van der Waals surface area contributed by atoms with Gasteiger partial charge in [0.1, 0.15) is 18.8 Å². The maximum absolute atomic E-state index is 14.0. The van der Waals surface area contributed by atoms with E-state index in [-0.39, 0.29) is 38.0 Å². The summed E-state index contributed by atoms with van der Waals surface area (Å²) in [6.45, 7) is 1.79. The lowest BCUT2D eigenvalue weighted by molar-refractivity contribution is -0.151. The lowest BCUT2D eigenvalue weighted by atomic mass is 9.79. The van der Waals surface area contributed by atoms with Gasteiger partial charge in [0.2, 0.25) is 11.8 Å². The molecule has 0 saturated carbocycles. The van der Waals surface area contributed by atoms with E-state index in [2.05, 4.69) is 5.32 Å². The summed E-state index contributed by atoms with van der Waals surface area (Å²) in [4.78, 5) is 43.1. The van der Waals surface area contributed by atoms with Crippen LogP contribution < -0.4 is 5.32 Å². The van der Waals surface area contributed by atoms with E-state index in [1.165, 1.54) is 4.90 Å². The number of fused-ring (bicyclic) bond motifs is 3. The van der Waals surface area contributed by atoms with Crippen molar-refractivity contribution in [2.75, 3.05) is 25.5 Å². The second-order valence-corrected chi connectivity index (χ2v) is 9.89. The summed E-state index contributed by atoms with van der Waals surface area (Å²) in [6.07, 6.45) is -1.08. The minimum Gasteiger partial charge on any atom is -0.445 e. The van der Waals surface area contributed by atoms with Crippen molar-refractivity contribution >= 4 is 23.6 Å². The number of nitrogens with zero attached hydrogens (tertiary/aromatic N) is 2. The number of likely N-dealkylation sites (N-methyl/N-ethyl adjacent to an activating group) is 1. The van der Waals surface area contributed by atoms with E-state index in [0.717, 1.165) is 16.8 Å². The van der Waals surface area contributed by atoms with Crippen LogP contribution >= 0.6 is 0 Å². The molecule has 2 aromatic carbocycles. The summed E-state index contributed by atoms with van der Waals surface area (Å²) in [7, 11) is 1.55. The molecule has 9 heteroatoms. The van der Waals surface area contributed by atoms with Crippen molar-refractivity contribution in [1.29, 1.82) is 0 Å². The highest BCUT2D eigenvalue weighted by molar-refractivity contribution is 6.07. The predicted octanol–water partition coefficient (Wildman–Crippen LogP) is 2.28. The van der Waals surface area contributed by atoms with Crippen LogP contribution in [0.2, 0.25) is 0 Å². The molecule has 2 unspecified atom stereocenters. The molecule has 3 aliphatic heterocycles. The monoisotopic (exact) mass is 493 g/mol. The third-order valence-corrected chi connectivity index (χ3v) is 7.62. The SMILES string of the molecule is CC1C[C@H](N(C)C(=O)OCc2ccccc2)C(=O)N2C[C@]3(C[C@H]2C(CO)O1)C(=O)Nc1ccccc13. The van der Waals surface area contributed by atoms with E-state index < -0.39 is 35.8 Å². The van der Waals surface area contributed by atoms with E-state index in [0.29, 0.717) is 6.42 Å². The Bertz CT molecular complexity index is 1160. The highest BCUT2D eigenvalue weighted by Gasteiger charge is 2.58. The third-order valence-electron chi connectivity index (χ3n) is 7.62. The molecule has 2 fully saturated rings. The minimum absolute atomic E-state index is 0.0932. The topological polar surface area (TPSA) is 108 Å². The fourth-order valence-corrected chi connectivity index (χ4v) is 5.73. The van der Waals surface area contributed by atoms with Gasteiger partial charge in [0.15, 0.2) is 0 Å².